The molecule has 27 heavy (non-hydrogen) atoms. The van der Waals surface area contributed by atoms with Gasteiger partial charge in [-0.2, -0.15) is 0 Å². The minimum atomic E-state index is 0.537. The normalized spacial score (nSPS) is 18.0. The third-order valence-electron chi connectivity index (χ3n) is 5.46. The molecule has 1 aliphatic carbocycles. The van der Waals surface area contributed by atoms with Crippen molar-refractivity contribution in [1.29, 1.82) is 0 Å². The average molecular weight is 362 g/mol. The molecule has 7 heteroatoms. The molecule has 3 aromatic heterocycles. The molecule has 1 aliphatic heterocycles. The number of piperidine rings is 1. The minimum absolute atomic E-state index is 0.537. The quantitative estimate of drug-likeness (QED) is 0.690. The number of fused-ring (bicyclic) bond motifs is 1. The van der Waals surface area contributed by atoms with Gasteiger partial charge in [0.15, 0.2) is 0 Å². The SMILES string of the molecule is c1cc2c(N3CCC(COc4cc(C5CC5)ncn4)CC3)ncnc2cn1. The lowest BCUT2D eigenvalue weighted by Crippen LogP contribution is -2.36. The molecule has 2 fully saturated rings. The van der Waals surface area contributed by atoms with Gasteiger partial charge in [-0.05, 0) is 37.7 Å². The molecule has 0 amide bonds. The molecule has 1 saturated heterocycles. The molecule has 3 aromatic rings. The highest BCUT2D eigenvalue weighted by Crippen LogP contribution is 2.39. The van der Waals surface area contributed by atoms with Gasteiger partial charge < -0.3 is 9.64 Å². The van der Waals surface area contributed by atoms with Crippen LogP contribution in [-0.4, -0.2) is 44.6 Å². The summed E-state index contributed by atoms with van der Waals surface area (Å²) in [5, 5.41) is 1.07. The van der Waals surface area contributed by atoms with Gasteiger partial charge in [0.1, 0.15) is 18.5 Å². The number of nitrogens with zero attached hydrogens (tertiary/aromatic N) is 6. The van der Waals surface area contributed by atoms with E-state index in [-0.39, 0.29) is 0 Å². The van der Waals surface area contributed by atoms with E-state index in [1.165, 1.54) is 12.8 Å². The number of hydrogen-bond donors (Lipinski definition) is 0. The summed E-state index contributed by atoms with van der Waals surface area (Å²) >= 11 is 0. The number of anilines is 1. The van der Waals surface area contributed by atoms with Crippen molar-refractivity contribution in [1.82, 2.24) is 24.9 Å². The van der Waals surface area contributed by atoms with E-state index in [2.05, 4.69) is 29.8 Å². The Balaban J connectivity index is 1.20. The molecule has 0 radical (unpaired) electrons. The van der Waals surface area contributed by atoms with Gasteiger partial charge in [-0.25, -0.2) is 19.9 Å². The molecule has 138 valence electrons. The van der Waals surface area contributed by atoms with E-state index in [4.69, 9.17) is 4.74 Å². The first kappa shape index (κ1) is 16.4. The van der Waals surface area contributed by atoms with Crippen LogP contribution in [0.3, 0.4) is 0 Å². The van der Waals surface area contributed by atoms with Crippen LogP contribution in [0.5, 0.6) is 5.88 Å². The molecule has 0 N–H and O–H groups in total. The first-order chi connectivity index (χ1) is 13.4. The zero-order valence-corrected chi connectivity index (χ0v) is 15.2. The summed E-state index contributed by atoms with van der Waals surface area (Å²) in [5.74, 6) is 2.88. The molecular formula is C20H22N6O. The molecule has 0 atom stereocenters. The van der Waals surface area contributed by atoms with Crippen LogP contribution in [0.4, 0.5) is 5.82 Å². The zero-order chi connectivity index (χ0) is 18.1. The zero-order valence-electron chi connectivity index (χ0n) is 15.2. The topological polar surface area (TPSA) is 76.9 Å². The predicted octanol–water partition coefficient (Wildman–Crippen LogP) is 2.99. The van der Waals surface area contributed by atoms with Crippen molar-refractivity contribution in [3.8, 4) is 5.88 Å². The van der Waals surface area contributed by atoms with E-state index < -0.39 is 0 Å². The van der Waals surface area contributed by atoms with Gasteiger partial charge in [0, 0.05) is 36.7 Å². The standard InChI is InChI=1S/C20H22N6O/c1-2-15(1)17-9-19(24-12-22-17)27-11-14-4-7-26(8-5-14)20-16-3-6-21-10-18(16)23-13-25-20/h3,6,9-10,12-15H,1-2,4-5,7-8,11H2. The molecule has 0 bridgehead atoms. The van der Waals surface area contributed by atoms with Gasteiger partial charge in [0.2, 0.25) is 5.88 Å². The highest BCUT2D eigenvalue weighted by molar-refractivity contribution is 5.88. The van der Waals surface area contributed by atoms with Gasteiger partial charge in [-0.3, -0.25) is 4.98 Å². The van der Waals surface area contributed by atoms with Gasteiger partial charge in [-0.15, -0.1) is 0 Å². The number of hydrogen-bond acceptors (Lipinski definition) is 7. The Morgan fingerprint density at radius 1 is 1.00 bits per heavy atom. The largest absolute Gasteiger partial charge is 0.477 e. The number of aromatic nitrogens is 5. The smallest absolute Gasteiger partial charge is 0.216 e. The molecule has 0 unspecified atom stereocenters. The second-order valence-electron chi connectivity index (χ2n) is 7.39. The molecular weight excluding hydrogens is 340 g/mol. The van der Waals surface area contributed by atoms with Crippen molar-refractivity contribution < 1.29 is 4.74 Å². The minimum Gasteiger partial charge on any atom is -0.477 e. The lowest BCUT2D eigenvalue weighted by Gasteiger charge is -2.33. The van der Waals surface area contributed by atoms with Crippen LogP contribution in [0.15, 0.2) is 37.2 Å². The van der Waals surface area contributed by atoms with Gasteiger partial charge in [0.25, 0.3) is 0 Å². The van der Waals surface area contributed by atoms with Crippen LogP contribution < -0.4 is 9.64 Å². The van der Waals surface area contributed by atoms with Gasteiger partial charge >= 0.3 is 0 Å². The van der Waals surface area contributed by atoms with E-state index in [1.807, 2.05) is 12.1 Å². The fourth-order valence-electron chi connectivity index (χ4n) is 3.69. The van der Waals surface area contributed by atoms with E-state index in [0.29, 0.717) is 24.3 Å². The Bertz CT molecular complexity index is 931. The van der Waals surface area contributed by atoms with Crippen molar-refractivity contribution in [2.45, 2.75) is 31.6 Å². The summed E-state index contributed by atoms with van der Waals surface area (Å²) < 4.78 is 5.97. The molecule has 5 rings (SSSR count). The monoisotopic (exact) mass is 362 g/mol. The van der Waals surface area contributed by atoms with Crippen molar-refractivity contribution in [2.24, 2.45) is 5.92 Å². The number of pyridine rings is 1. The second kappa shape index (κ2) is 7.06. The first-order valence-corrected chi connectivity index (χ1v) is 9.61. The summed E-state index contributed by atoms with van der Waals surface area (Å²) in [6.07, 6.45) is 11.5. The molecule has 0 spiro atoms. The number of rotatable bonds is 5. The van der Waals surface area contributed by atoms with E-state index in [9.17, 15) is 0 Å². The Morgan fingerprint density at radius 2 is 1.85 bits per heavy atom. The van der Waals surface area contributed by atoms with Crippen LogP contribution in [0.25, 0.3) is 10.9 Å². The van der Waals surface area contributed by atoms with E-state index >= 15 is 0 Å². The lowest BCUT2D eigenvalue weighted by atomic mass is 9.97. The highest BCUT2D eigenvalue weighted by Gasteiger charge is 2.26. The molecule has 1 saturated carbocycles. The maximum atomic E-state index is 5.97. The molecule has 4 heterocycles. The Kier molecular flexibility index (Phi) is 4.27. The predicted molar refractivity (Wildman–Crippen MR) is 102 cm³/mol. The summed E-state index contributed by atoms with van der Waals surface area (Å²) in [6.45, 7) is 2.66. The fraction of sp³-hybridized carbons (Fsp3) is 0.450. The molecule has 0 aromatic carbocycles. The summed E-state index contributed by atoms with van der Waals surface area (Å²) in [4.78, 5) is 23.9. The lowest BCUT2D eigenvalue weighted by molar-refractivity contribution is 0.215. The van der Waals surface area contributed by atoms with Crippen molar-refractivity contribution in [3.63, 3.8) is 0 Å². The average Bonchev–Trinajstić information content (AvgIpc) is 3.58. The Morgan fingerprint density at radius 3 is 2.70 bits per heavy atom. The second-order valence-corrected chi connectivity index (χ2v) is 7.39. The maximum Gasteiger partial charge on any atom is 0.216 e. The maximum absolute atomic E-state index is 5.97. The van der Waals surface area contributed by atoms with E-state index in [1.54, 1.807) is 25.0 Å². The van der Waals surface area contributed by atoms with Crippen LogP contribution in [0, 0.1) is 5.92 Å². The van der Waals surface area contributed by atoms with Crippen molar-refractivity contribution >= 4 is 16.7 Å². The van der Waals surface area contributed by atoms with Crippen LogP contribution in [0.1, 0.15) is 37.3 Å². The molecule has 2 aliphatic rings. The Labute approximate surface area is 157 Å². The van der Waals surface area contributed by atoms with Crippen molar-refractivity contribution in [2.75, 3.05) is 24.6 Å². The van der Waals surface area contributed by atoms with Crippen molar-refractivity contribution in [3.05, 3.63) is 42.9 Å². The Hall–Kier alpha value is -2.83. The fourth-order valence-corrected chi connectivity index (χ4v) is 3.69. The van der Waals surface area contributed by atoms with Crippen LogP contribution >= 0.6 is 0 Å². The van der Waals surface area contributed by atoms with Crippen LogP contribution in [-0.2, 0) is 0 Å². The van der Waals surface area contributed by atoms with Gasteiger partial charge in [0.05, 0.1) is 24.0 Å². The third kappa shape index (κ3) is 3.54. The third-order valence-corrected chi connectivity index (χ3v) is 5.46. The number of ether oxygens (including phenoxy) is 1. The highest BCUT2D eigenvalue weighted by atomic mass is 16.5. The first-order valence-electron chi connectivity index (χ1n) is 9.61. The summed E-state index contributed by atoms with van der Waals surface area (Å²) in [6, 6.07) is 4.00. The van der Waals surface area contributed by atoms with Gasteiger partial charge in [-0.1, -0.05) is 0 Å². The van der Waals surface area contributed by atoms with E-state index in [0.717, 1.165) is 48.3 Å². The summed E-state index contributed by atoms with van der Waals surface area (Å²) in [7, 11) is 0. The molecule has 7 nitrogen and oxygen atoms in total. The van der Waals surface area contributed by atoms with Crippen LogP contribution in [0.2, 0.25) is 0 Å². The summed E-state index contributed by atoms with van der Waals surface area (Å²) in [5.41, 5.74) is 2.02.